The molecule has 0 atom stereocenters. The van der Waals surface area contributed by atoms with Gasteiger partial charge in [0.25, 0.3) is 0 Å². The van der Waals surface area contributed by atoms with E-state index in [-0.39, 0.29) is 5.78 Å². The lowest BCUT2D eigenvalue weighted by Crippen LogP contribution is -2.00. The first-order chi connectivity index (χ1) is 9.22. The molecule has 0 aliphatic carbocycles. The number of ketones is 1. The van der Waals surface area contributed by atoms with E-state index in [2.05, 4.69) is 22.0 Å². The molecule has 3 heteroatoms. The number of rotatable bonds is 3. The van der Waals surface area contributed by atoms with Gasteiger partial charge in [0.2, 0.25) is 0 Å². The van der Waals surface area contributed by atoms with Gasteiger partial charge in [0.05, 0.1) is 4.88 Å². The van der Waals surface area contributed by atoms with Crippen LogP contribution < -0.4 is 0 Å². The average molecular weight is 331 g/mol. The van der Waals surface area contributed by atoms with Crippen LogP contribution in [0.2, 0.25) is 0 Å². The number of fused-ring (bicyclic) bond motifs is 1. The van der Waals surface area contributed by atoms with Gasteiger partial charge in [0.15, 0.2) is 5.78 Å². The van der Waals surface area contributed by atoms with Gasteiger partial charge in [-0.05, 0) is 35.2 Å². The molecule has 3 rings (SSSR count). The van der Waals surface area contributed by atoms with E-state index in [0.29, 0.717) is 6.42 Å². The summed E-state index contributed by atoms with van der Waals surface area (Å²) >= 11 is 5.00. The summed E-state index contributed by atoms with van der Waals surface area (Å²) in [4.78, 5) is 13.1. The summed E-state index contributed by atoms with van der Waals surface area (Å²) in [6.07, 6.45) is 0.451. The molecule has 0 fully saturated rings. The van der Waals surface area contributed by atoms with Crippen LogP contribution in [0.25, 0.3) is 10.1 Å². The molecule has 0 N–H and O–H groups in total. The first-order valence-electron chi connectivity index (χ1n) is 5.98. The zero-order chi connectivity index (χ0) is 13.2. The lowest BCUT2D eigenvalue weighted by Gasteiger charge is -1.99. The normalized spacial score (nSPS) is 10.8. The fraction of sp³-hybridized carbons (Fsp3) is 0.0625. The monoisotopic (exact) mass is 330 g/mol. The van der Waals surface area contributed by atoms with Gasteiger partial charge in [-0.15, -0.1) is 11.3 Å². The fourth-order valence-electron chi connectivity index (χ4n) is 2.04. The minimum absolute atomic E-state index is 0.180. The summed E-state index contributed by atoms with van der Waals surface area (Å²) in [6.45, 7) is 0. The van der Waals surface area contributed by atoms with Crippen LogP contribution in [0, 0.1) is 0 Å². The molecular weight excluding hydrogens is 320 g/mol. The van der Waals surface area contributed by atoms with Gasteiger partial charge in [-0.1, -0.05) is 46.3 Å². The van der Waals surface area contributed by atoms with Gasteiger partial charge in [-0.2, -0.15) is 0 Å². The Kier molecular flexibility index (Phi) is 3.49. The summed E-state index contributed by atoms with van der Waals surface area (Å²) in [6, 6.07) is 18.0. The van der Waals surface area contributed by atoms with Crippen molar-refractivity contribution in [3.8, 4) is 0 Å². The van der Waals surface area contributed by atoms with Crippen LogP contribution in [-0.2, 0) is 6.42 Å². The summed E-state index contributed by atoms with van der Waals surface area (Å²) in [5.74, 6) is 0.180. The summed E-state index contributed by atoms with van der Waals surface area (Å²) < 4.78 is 2.18. The second-order valence-electron chi connectivity index (χ2n) is 4.38. The van der Waals surface area contributed by atoms with E-state index in [9.17, 15) is 4.79 Å². The molecule has 3 aromatic rings. The molecule has 1 nitrogen and oxygen atoms in total. The van der Waals surface area contributed by atoms with Gasteiger partial charge in [0, 0.05) is 15.6 Å². The van der Waals surface area contributed by atoms with Crippen LogP contribution in [0.5, 0.6) is 0 Å². The predicted octanol–water partition coefficient (Wildman–Crippen LogP) is 5.09. The molecule has 0 saturated carbocycles. The Bertz CT molecular complexity index is 712. The highest BCUT2D eigenvalue weighted by atomic mass is 79.9. The molecule has 1 aromatic heterocycles. The van der Waals surface area contributed by atoms with E-state index in [4.69, 9.17) is 0 Å². The molecule has 2 aromatic carbocycles. The SMILES string of the molecule is O=C(Cc1cccc(Br)c1)c1cc2ccccc2s1. The third-order valence-electron chi connectivity index (χ3n) is 2.95. The lowest BCUT2D eigenvalue weighted by molar-refractivity contribution is 0.0997. The summed E-state index contributed by atoms with van der Waals surface area (Å²) in [5, 5.41) is 1.14. The van der Waals surface area contributed by atoms with Crippen molar-refractivity contribution in [2.45, 2.75) is 6.42 Å². The van der Waals surface area contributed by atoms with Gasteiger partial charge in [-0.25, -0.2) is 0 Å². The smallest absolute Gasteiger partial charge is 0.177 e. The molecular formula is C16H11BrOS. The number of thiophene rings is 1. The van der Waals surface area contributed by atoms with Crippen molar-refractivity contribution in [1.82, 2.24) is 0 Å². The van der Waals surface area contributed by atoms with Crippen molar-refractivity contribution in [2.24, 2.45) is 0 Å². The zero-order valence-electron chi connectivity index (χ0n) is 10.1. The molecule has 0 bridgehead atoms. The molecule has 0 saturated heterocycles. The molecule has 0 unspecified atom stereocenters. The van der Waals surface area contributed by atoms with Crippen molar-refractivity contribution in [2.75, 3.05) is 0 Å². The first kappa shape index (κ1) is 12.6. The van der Waals surface area contributed by atoms with E-state index >= 15 is 0 Å². The van der Waals surface area contributed by atoms with Crippen molar-refractivity contribution in [3.05, 3.63) is 69.5 Å². The maximum absolute atomic E-state index is 12.3. The number of Topliss-reactive ketones (excluding diaryl/α,β-unsaturated/α-hetero) is 1. The molecule has 0 spiro atoms. The van der Waals surface area contributed by atoms with Crippen LogP contribution in [0.4, 0.5) is 0 Å². The maximum Gasteiger partial charge on any atom is 0.177 e. The largest absolute Gasteiger partial charge is 0.293 e. The number of hydrogen-bond acceptors (Lipinski definition) is 2. The molecule has 0 radical (unpaired) electrons. The molecule has 1 heterocycles. The van der Waals surface area contributed by atoms with E-state index in [1.165, 1.54) is 4.70 Å². The van der Waals surface area contributed by atoms with Crippen LogP contribution in [0.3, 0.4) is 0 Å². The first-order valence-corrected chi connectivity index (χ1v) is 7.59. The third kappa shape index (κ3) is 2.77. The topological polar surface area (TPSA) is 17.1 Å². The number of benzene rings is 2. The second-order valence-corrected chi connectivity index (χ2v) is 6.38. The fourth-order valence-corrected chi connectivity index (χ4v) is 3.49. The van der Waals surface area contributed by atoms with Gasteiger partial charge < -0.3 is 0 Å². The van der Waals surface area contributed by atoms with Crippen LogP contribution in [-0.4, -0.2) is 5.78 Å². The quantitative estimate of drug-likeness (QED) is 0.611. The van der Waals surface area contributed by atoms with Crippen molar-refractivity contribution in [1.29, 1.82) is 0 Å². The van der Waals surface area contributed by atoms with E-state index in [1.54, 1.807) is 11.3 Å². The van der Waals surface area contributed by atoms with E-state index in [0.717, 1.165) is 20.3 Å². The third-order valence-corrected chi connectivity index (χ3v) is 4.60. The maximum atomic E-state index is 12.3. The van der Waals surface area contributed by atoms with E-state index in [1.807, 2.05) is 48.5 Å². The molecule has 19 heavy (non-hydrogen) atoms. The Balaban J connectivity index is 1.87. The highest BCUT2D eigenvalue weighted by Gasteiger charge is 2.11. The highest BCUT2D eigenvalue weighted by Crippen LogP contribution is 2.26. The molecule has 0 amide bonds. The summed E-state index contributed by atoms with van der Waals surface area (Å²) in [5.41, 5.74) is 1.04. The lowest BCUT2D eigenvalue weighted by atomic mass is 10.1. The van der Waals surface area contributed by atoms with Crippen molar-refractivity contribution >= 4 is 43.1 Å². The van der Waals surface area contributed by atoms with Crippen molar-refractivity contribution < 1.29 is 4.79 Å². The highest BCUT2D eigenvalue weighted by molar-refractivity contribution is 9.10. The summed E-state index contributed by atoms with van der Waals surface area (Å²) in [7, 11) is 0. The van der Waals surface area contributed by atoms with Crippen LogP contribution >= 0.6 is 27.3 Å². The number of carbonyl (C=O) groups excluding carboxylic acids is 1. The molecule has 0 aliphatic heterocycles. The average Bonchev–Trinajstić information content (AvgIpc) is 2.82. The van der Waals surface area contributed by atoms with Gasteiger partial charge in [-0.3, -0.25) is 4.79 Å². The standard InChI is InChI=1S/C16H11BrOS/c17-13-6-3-4-11(8-13)9-14(18)16-10-12-5-1-2-7-15(12)19-16/h1-8,10H,9H2. The zero-order valence-corrected chi connectivity index (χ0v) is 12.5. The number of carbonyl (C=O) groups is 1. The minimum atomic E-state index is 0.180. The van der Waals surface area contributed by atoms with Gasteiger partial charge in [0.1, 0.15) is 0 Å². The Morgan fingerprint density at radius 2 is 1.89 bits per heavy atom. The number of hydrogen-bond donors (Lipinski definition) is 0. The second kappa shape index (κ2) is 5.27. The predicted molar refractivity (Wildman–Crippen MR) is 84.0 cm³/mol. The molecule has 0 aliphatic rings. The van der Waals surface area contributed by atoms with Crippen molar-refractivity contribution in [3.63, 3.8) is 0 Å². The Morgan fingerprint density at radius 3 is 2.68 bits per heavy atom. The Morgan fingerprint density at radius 1 is 1.05 bits per heavy atom. The Labute approximate surface area is 124 Å². The van der Waals surface area contributed by atoms with Gasteiger partial charge >= 0.3 is 0 Å². The van der Waals surface area contributed by atoms with Crippen LogP contribution in [0.1, 0.15) is 15.2 Å². The van der Waals surface area contributed by atoms with E-state index < -0.39 is 0 Å². The number of halogens is 1. The minimum Gasteiger partial charge on any atom is -0.293 e. The van der Waals surface area contributed by atoms with Crippen LogP contribution in [0.15, 0.2) is 59.1 Å². The Hall–Kier alpha value is -1.45. The molecule has 94 valence electrons.